The normalized spacial score (nSPS) is 18.1. The van der Waals surface area contributed by atoms with Gasteiger partial charge in [0.2, 0.25) is 5.91 Å². The largest absolute Gasteiger partial charge is 0.391 e. The van der Waals surface area contributed by atoms with E-state index in [1.807, 2.05) is 28.2 Å². The lowest BCUT2D eigenvalue weighted by Crippen LogP contribution is -2.40. The van der Waals surface area contributed by atoms with Gasteiger partial charge in [-0.15, -0.1) is 11.3 Å². The van der Waals surface area contributed by atoms with Gasteiger partial charge < -0.3 is 19.8 Å². The van der Waals surface area contributed by atoms with Crippen molar-refractivity contribution in [1.82, 2.24) is 14.8 Å². The van der Waals surface area contributed by atoms with Gasteiger partial charge in [-0.3, -0.25) is 9.59 Å². The number of aliphatic hydroxyl groups excluding tert-OH is 1. The topological polar surface area (TPSA) is 77.0 Å². The van der Waals surface area contributed by atoms with Crippen molar-refractivity contribution in [1.29, 1.82) is 0 Å². The van der Waals surface area contributed by atoms with Gasteiger partial charge in [0.1, 0.15) is 5.82 Å². The molecule has 1 aromatic carbocycles. The summed E-state index contributed by atoms with van der Waals surface area (Å²) in [5.41, 5.74) is 4.06. The first kappa shape index (κ1) is 25.7. The van der Waals surface area contributed by atoms with Crippen LogP contribution in [0.3, 0.4) is 0 Å². The lowest BCUT2D eigenvalue weighted by molar-refractivity contribution is -0.127. The fourth-order valence-electron chi connectivity index (χ4n) is 5.43. The van der Waals surface area contributed by atoms with Crippen molar-refractivity contribution < 1.29 is 14.7 Å². The molecule has 0 saturated carbocycles. The third-order valence-electron chi connectivity index (χ3n) is 7.46. The number of piperidine rings is 1. The second-order valence-electron chi connectivity index (χ2n) is 10.4. The summed E-state index contributed by atoms with van der Waals surface area (Å²) in [6.07, 6.45) is 3.62. The number of hydrogen-bond donors (Lipinski definition) is 1. The Morgan fingerprint density at radius 3 is 2.78 bits per heavy atom. The molecule has 2 saturated heterocycles. The third kappa shape index (κ3) is 5.80. The number of benzene rings is 1. The minimum atomic E-state index is -0.374. The molecule has 2 aliphatic heterocycles. The van der Waals surface area contributed by atoms with Gasteiger partial charge in [-0.25, -0.2) is 4.98 Å². The molecule has 0 spiro atoms. The SMILES string of the molecule is Cc1ccc2cc(CN(CCCN3CCCC3=O)C(=O)c3sccc3C)c(N3CCCC(O)C3)nc2c1. The Labute approximate surface area is 222 Å². The summed E-state index contributed by atoms with van der Waals surface area (Å²) >= 11 is 1.48. The molecule has 1 N–H and O–H groups in total. The van der Waals surface area contributed by atoms with Gasteiger partial charge in [0.05, 0.1) is 16.5 Å². The average molecular weight is 521 g/mol. The Morgan fingerprint density at radius 2 is 2.05 bits per heavy atom. The fourth-order valence-corrected chi connectivity index (χ4v) is 6.33. The Bertz CT molecular complexity index is 1290. The van der Waals surface area contributed by atoms with Crippen molar-refractivity contribution in [2.45, 2.75) is 58.6 Å². The summed E-state index contributed by atoms with van der Waals surface area (Å²) in [7, 11) is 0. The summed E-state index contributed by atoms with van der Waals surface area (Å²) in [4.78, 5) is 37.7. The minimum absolute atomic E-state index is 0.0221. The molecule has 8 heteroatoms. The molecule has 2 aliphatic rings. The fraction of sp³-hybridized carbons (Fsp3) is 0.483. The quantitative estimate of drug-likeness (QED) is 0.472. The maximum absolute atomic E-state index is 13.8. The van der Waals surface area contributed by atoms with Crippen molar-refractivity contribution in [3.8, 4) is 0 Å². The number of β-amino-alcohol motifs (C(OH)–C–C–N with tert-alkyl or cyclic N) is 1. The molecule has 7 nitrogen and oxygen atoms in total. The Balaban J connectivity index is 1.46. The highest BCUT2D eigenvalue weighted by Crippen LogP contribution is 2.29. The molecule has 1 unspecified atom stereocenters. The Kier molecular flexibility index (Phi) is 7.76. The monoisotopic (exact) mass is 520 g/mol. The molecular formula is C29H36N4O3S. The first-order valence-electron chi connectivity index (χ1n) is 13.3. The van der Waals surface area contributed by atoms with Gasteiger partial charge in [0, 0.05) is 56.6 Å². The lowest BCUT2D eigenvalue weighted by Gasteiger charge is -2.33. The van der Waals surface area contributed by atoms with E-state index < -0.39 is 0 Å². The van der Waals surface area contributed by atoms with Crippen LogP contribution in [0.15, 0.2) is 35.7 Å². The number of aliphatic hydroxyl groups is 1. The molecule has 196 valence electrons. The van der Waals surface area contributed by atoms with E-state index in [2.05, 4.69) is 36.1 Å². The molecule has 0 aliphatic carbocycles. The summed E-state index contributed by atoms with van der Waals surface area (Å²) in [5, 5.41) is 13.4. The zero-order chi connectivity index (χ0) is 25.9. The summed E-state index contributed by atoms with van der Waals surface area (Å²) in [6, 6.07) is 10.4. The lowest BCUT2D eigenvalue weighted by atomic mass is 10.0. The molecule has 3 aromatic rings. The first-order valence-corrected chi connectivity index (χ1v) is 14.2. The van der Waals surface area contributed by atoms with E-state index in [1.165, 1.54) is 11.3 Å². The van der Waals surface area contributed by atoms with Gasteiger partial charge in [-0.2, -0.15) is 0 Å². The highest BCUT2D eigenvalue weighted by atomic mass is 32.1. The predicted molar refractivity (Wildman–Crippen MR) is 148 cm³/mol. The van der Waals surface area contributed by atoms with Gasteiger partial charge in [0.15, 0.2) is 0 Å². The summed E-state index contributed by atoms with van der Waals surface area (Å²) < 4.78 is 0. The molecule has 1 atom stereocenters. The number of amides is 2. The van der Waals surface area contributed by atoms with Crippen LogP contribution >= 0.6 is 11.3 Å². The third-order valence-corrected chi connectivity index (χ3v) is 8.46. The number of anilines is 1. The molecule has 2 aromatic heterocycles. The minimum Gasteiger partial charge on any atom is -0.391 e. The van der Waals surface area contributed by atoms with Crippen LogP contribution in [0.4, 0.5) is 5.82 Å². The zero-order valence-corrected chi connectivity index (χ0v) is 22.6. The van der Waals surface area contributed by atoms with Crippen LogP contribution in [0.1, 0.15) is 58.5 Å². The molecule has 0 bridgehead atoms. The van der Waals surface area contributed by atoms with Crippen molar-refractivity contribution in [3.05, 3.63) is 57.3 Å². The zero-order valence-electron chi connectivity index (χ0n) is 21.8. The number of pyridine rings is 1. The first-order chi connectivity index (χ1) is 17.9. The van der Waals surface area contributed by atoms with Crippen LogP contribution < -0.4 is 4.90 Å². The maximum atomic E-state index is 13.8. The van der Waals surface area contributed by atoms with Crippen molar-refractivity contribution in [2.75, 3.05) is 37.6 Å². The predicted octanol–water partition coefficient (Wildman–Crippen LogP) is 4.53. The van der Waals surface area contributed by atoms with Crippen molar-refractivity contribution >= 4 is 39.9 Å². The van der Waals surface area contributed by atoms with E-state index >= 15 is 0 Å². The van der Waals surface area contributed by atoms with Crippen LogP contribution in [0, 0.1) is 13.8 Å². The molecule has 5 rings (SSSR count). The van der Waals surface area contributed by atoms with Crippen LogP contribution in [-0.2, 0) is 11.3 Å². The molecule has 2 amide bonds. The van der Waals surface area contributed by atoms with Crippen LogP contribution in [-0.4, -0.2) is 70.5 Å². The maximum Gasteiger partial charge on any atom is 0.264 e. The van der Waals surface area contributed by atoms with E-state index in [4.69, 9.17) is 4.98 Å². The molecule has 37 heavy (non-hydrogen) atoms. The summed E-state index contributed by atoms with van der Waals surface area (Å²) in [6.45, 7) is 7.91. The van der Waals surface area contributed by atoms with Gasteiger partial charge in [-0.1, -0.05) is 12.1 Å². The van der Waals surface area contributed by atoms with Crippen LogP contribution in [0.25, 0.3) is 10.9 Å². The number of carbonyl (C=O) groups is 2. The molecule has 2 fully saturated rings. The average Bonchev–Trinajstić information content (AvgIpc) is 3.50. The van der Waals surface area contributed by atoms with Crippen molar-refractivity contribution in [3.63, 3.8) is 0 Å². The van der Waals surface area contributed by atoms with Gasteiger partial charge in [-0.05, 0) is 74.2 Å². The number of hydrogen-bond acceptors (Lipinski definition) is 6. The smallest absolute Gasteiger partial charge is 0.264 e. The van der Waals surface area contributed by atoms with E-state index in [-0.39, 0.29) is 17.9 Å². The standard InChI is InChI=1S/C29H36N4O3S/c1-20-8-9-22-17-23(28(30-25(22)16-20)32-12-3-6-24(34)19-32)18-33(29(36)27-21(2)10-15-37-27)14-5-13-31-11-4-7-26(31)35/h8-10,15-17,24,34H,3-7,11-14,18-19H2,1-2H3. The number of aromatic nitrogens is 1. The number of rotatable bonds is 8. The highest BCUT2D eigenvalue weighted by molar-refractivity contribution is 7.12. The van der Waals surface area contributed by atoms with Crippen LogP contribution in [0.2, 0.25) is 0 Å². The van der Waals surface area contributed by atoms with Gasteiger partial charge in [0.25, 0.3) is 5.91 Å². The number of likely N-dealkylation sites (tertiary alicyclic amines) is 1. The second kappa shape index (κ2) is 11.2. The second-order valence-corrected chi connectivity index (χ2v) is 11.3. The number of nitrogens with zero attached hydrogens (tertiary/aromatic N) is 4. The molecular weight excluding hydrogens is 484 g/mol. The van der Waals surface area contributed by atoms with E-state index in [1.54, 1.807) is 0 Å². The number of carbonyl (C=O) groups excluding carboxylic acids is 2. The Morgan fingerprint density at radius 1 is 1.19 bits per heavy atom. The van der Waals surface area contributed by atoms with E-state index in [9.17, 15) is 14.7 Å². The summed E-state index contributed by atoms with van der Waals surface area (Å²) in [5.74, 6) is 1.09. The molecule has 4 heterocycles. The Hall–Kier alpha value is -2.97. The number of fused-ring (bicyclic) bond motifs is 1. The van der Waals surface area contributed by atoms with E-state index in [0.717, 1.165) is 77.1 Å². The van der Waals surface area contributed by atoms with Crippen LogP contribution in [0.5, 0.6) is 0 Å². The number of thiophene rings is 1. The highest BCUT2D eigenvalue weighted by Gasteiger charge is 2.26. The van der Waals surface area contributed by atoms with E-state index in [0.29, 0.717) is 32.6 Å². The van der Waals surface area contributed by atoms with Crippen molar-refractivity contribution in [2.24, 2.45) is 0 Å². The molecule has 0 radical (unpaired) electrons. The number of aryl methyl sites for hydroxylation is 2. The van der Waals surface area contributed by atoms with Gasteiger partial charge >= 0.3 is 0 Å².